The van der Waals surface area contributed by atoms with E-state index in [4.69, 9.17) is 10.5 Å². The normalized spacial score (nSPS) is 26.5. The van der Waals surface area contributed by atoms with Gasteiger partial charge in [-0.25, -0.2) is 13.1 Å². The number of rotatable bonds is 5. The molecule has 1 rings (SSSR count). The highest BCUT2D eigenvalue weighted by Gasteiger charge is 2.28. The fourth-order valence-corrected chi connectivity index (χ4v) is 2.73. The molecule has 90 valence electrons. The summed E-state index contributed by atoms with van der Waals surface area (Å²) in [6, 6.07) is -0.175. The van der Waals surface area contributed by atoms with Gasteiger partial charge < -0.3 is 10.5 Å². The van der Waals surface area contributed by atoms with Crippen molar-refractivity contribution in [2.75, 3.05) is 13.2 Å². The molecule has 1 fully saturated rings. The molecule has 1 saturated heterocycles. The quantitative estimate of drug-likeness (QED) is 0.694. The van der Waals surface area contributed by atoms with Crippen molar-refractivity contribution in [1.29, 1.82) is 0 Å². The molecule has 15 heavy (non-hydrogen) atoms. The smallest absolute Gasteiger partial charge is 0.215 e. The van der Waals surface area contributed by atoms with Gasteiger partial charge in [-0.3, -0.25) is 0 Å². The van der Waals surface area contributed by atoms with E-state index in [-0.39, 0.29) is 18.7 Å². The molecule has 0 aromatic rings. The van der Waals surface area contributed by atoms with Crippen LogP contribution in [-0.2, 0) is 14.8 Å². The molecular weight excluding hydrogens is 216 g/mol. The SMILES string of the molecule is CC(NS(=O)(=O)C(C)CN)C1CCCO1. The summed E-state index contributed by atoms with van der Waals surface area (Å²) in [5, 5.41) is -0.554. The summed E-state index contributed by atoms with van der Waals surface area (Å²) in [5.41, 5.74) is 5.34. The second-order valence-electron chi connectivity index (χ2n) is 4.05. The molecule has 0 saturated carbocycles. The van der Waals surface area contributed by atoms with E-state index < -0.39 is 15.3 Å². The first-order valence-corrected chi connectivity index (χ1v) is 6.85. The van der Waals surface area contributed by atoms with Crippen molar-refractivity contribution in [3.05, 3.63) is 0 Å². The Hall–Kier alpha value is -0.170. The molecule has 0 aliphatic carbocycles. The first-order chi connectivity index (χ1) is 6.97. The predicted octanol–water partition coefficient (Wildman–Crippen LogP) is -0.179. The maximum absolute atomic E-state index is 11.7. The highest BCUT2D eigenvalue weighted by atomic mass is 32.2. The van der Waals surface area contributed by atoms with Gasteiger partial charge >= 0.3 is 0 Å². The van der Waals surface area contributed by atoms with Crippen LogP contribution >= 0.6 is 0 Å². The zero-order valence-electron chi connectivity index (χ0n) is 9.27. The number of ether oxygens (including phenoxy) is 1. The van der Waals surface area contributed by atoms with Gasteiger partial charge in [0.2, 0.25) is 10.0 Å². The Labute approximate surface area is 91.4 Å². The van der Waals surface area contributed by atoms with Crippen LogP contribution in [0.4, 0.5) is 0 Å². The fraction of sp³-hybridized carbons (Fsp3) is 1.00. The minimum atomic E-state index is -3.30. The molecule has 5 nitrogen and oxygen atoms in total. The van der Waals surface area contributed by atoms with Crippen LogP contribution in [0.25, 0.3) is 0 Å². The van der Waals surface area contributed by atoms with Gasteiger partial charge in [0.05, 0.1) is 11.4 Å². The van der Waals surface area contributed by atoms with E-state index in [9.17, 15) is 8.42 Å². The average Bonchev–Trinajstić information content (AvgIpc) is 2.68. The topological polar surface area (TPSA) is 81.4 Å². The summed E-state index contributed by atoms with van der Waals surface area (Å²) in [4.78, 5) is 0. The van der Waals surface area contributed by atoms with Crippen molar-refractivity contribution in [1.82, 2.24) is 4.72 Å². The minimum Gasteiger partial charge on any atom is -0.377 e. The summed E-state index contributed by atoms with van der Waals surface area (Å²) in [7, 11) is -3.30. The molecular formula is C9H20N2O3S. The largest absolute Gasteiger partial charge is 0.377 e. The number of nitrogens with two attached hydrogens (primary N) is 1. The van der Waals surface area contributed by atoms with Crippen molar-refractivity contribution in [3.8, 4) is 0 Å². The van der Waals surface area contributed by atoms with E-state index in [2.05, 4.69) is 4.72 Å². The highest BCUT2D eigenvalue weighted by molar-refractivity contribution is 7.90. The average molecular weight is 236 g/mol. The van der Waals surface area contributed by atoms with E-state index in [1.54, 1.807) is 6.92 Å². The maximum Gasteiger partial charge on any atom is 0.215 e. The zero-order chi connectivity index (χ0) is 11.5. The Morgan fingerprint density at radius 3 is 2.67 bits per heavy atom. The monoisotopic (exact) mass is 236 g/mol. The van der Waals surface area contributed by atoms with Crippen molar-refractivity contribution in [3.63, 3.8) is 0 Å². The number of nitrogens with one attached hydrogen (secondary N) is 1. The van der Waals surface area contributed by atoms with Crippen LogP contribution in [0.2, 0.25) is 0 Å². The Kier molecular flexibility index (Phi) is 4.51. The molecule has 0 spiro atoms. The second-order valence-corrected chi connectivity index (χ2v) is 6.18. The molecule has 1 aliphatic rings. The molecule has 3 atom stereocenters. The van der Waals surface area contributed by atoms with Gasteiger partial charge in [-0.2, -0.15) is 0 Å². The van der Waals surface area contributed by atoms with E-state index in [0.29, 0.717) is 0 Å². The maximum atomic E-state index is 11.7. The predicted molar refractivity (Wildman–Crippen MR) is 59.0 cm³/mol. The van der Waals surface area contributed by atoms with Crippen LogP contribution in [0.1, 0.15) is 26.7 Å². The van der Waals surface area contributed by atoms with Crippen LogP contribution in [-0.4, -0.2) is 39.0 Å². The summed E-state index contributed by atoms with van der Waals surface area (Å²) >= 11 is 0. The second kappa shape index (κ2) is 5.25. The first-order valence-electron chi connectivity index (χ1n) is 5.30. The first kappa shape index (κ1) is 12.9. The summed E-state index contributed by atoms with van der Waals surface area (Å²) in [6.07, 6.45) is 1.92. The van der Waals surface area contributed by atoms with Gasteiger partial charge in [0.15, 0.2) is 0 Å². The van der Waals surface area contributed by atoms with Crippen molar-refractivity contribution >= 4 is 10.0 Å². The zero-order valence-corrected chi connectivity index (χ0v) is 10.1. The van der Waals surface area contributed by atoms with Crippen LogP contribution < -0.4 is 10.5 Å². The Balaban J connectivity index is 2.52. The van der Waals surface area contributed by atoms with E-state index >= 15 is 0 Å². The highest BCUT2D eigenvalue weighted by Crippen LogP contribution is 2.16. The van der Waals surface area contributed by atoms with Crippen molar-refractivity contribution in [2.45, 2.75) is 44.1 Å². The molecule has 1 heterocycles. The van der Waals surface area contributed by atoms with E-state index in [0.717, 1.165) is 19.4 Å². The number of hydrogen-bond donors (Lipinski definition) is 2. The lowest BCUT2D eigenvalue weighted by atomic mass is 10.1. The molecule has 0 radical (unpaired) electrons. The van der Waals surface area contributed by atoms with E-state index in [1.165, 1.54) is 0 Å². The Morgan fingerprint density at radius 2 is 2.20 bits per heavy atom. The fourth-order valence-electron chi connectivity index (χ4n) is 1.57. The molecule has 0 aromatic carbocycles. The molecule has 6 heteroatoms. The van der Waals surface area contributed by atoms with Gasteiger partial charge in [-0.15, -0.1) is 0 Å². The summed E-state index contributed by atoms with van der Waals surface area (Å²) in [6.45, 7) is 4.29. The molecule has 0 aromatic heterocycles. The molecule has 3 unspecified atom stereocenters. The summed E-state index contributed by atoms with van der Waals surface area (Å²) in [5.74, 6) is 0. The van der Waals surface area contributed by atoms with Crippen LogP contribution in [0.5, 0.6) is 0 Å². The third-order valence-electron chi connectivity index (χ3n) is 2.73. The molecule has 3 N–H and O–H groups in total. The molecule has 1 aliphatic heterocycles. The van der Waals surface area contributed by atoms with Gasteiger partial charge in [-0.1, -0.05) is 0 Å². The lowest BCUT2D eigenvalue weighted by molar-refractivity contribution is 0.0902. The lowest BCUT2D eigenvalue weighted by Crippen LogP contribution is -2.46. The van der Waals surface area contributed by atoms with Gasteiger partial charge in [-0.05, 0) is 26.7 Å². The Bertz CT molecular complexity index is 286. The van der Waals surface area contributed by atoms with Crippen LogP contribution in [0.15, 0.2) is 0 Å². The molecule has 0 bridgehead atoms. The van der Waals surface area contributed by atoms with Crippen molar-refractivity contribution < 1.29 is 13.2 Å². The van der Waals surface area contributed by atoms with Crippen LogP contribution in [0.3, 0.4) is 0 Å². The Morgan fingerprint density at radius 1 is 1.53 bits per heavy atom. The third kappa shape index (κ3) is 3.41. The summed E-state index contributed by atoms with van der Waals surface area (Å²) < 4.78 is 31.4. The van der Waals surface area contributed by atoms with Gasteiger partial charge in [0.25, 0.3) is 0 Å². The lowest BCUT2D eigenvalue weighted by Gasteiger charge is -2.21. The van der Waals surface area contributed by atoms with Gasteiger partial charge in [0, 0.05) is 19.2 Å². The van der Waals surface area contributed by atoms with Crippen LogP contribution in [0, 0.1) is 0 Å². The van der Waals surface area contributed by atoms with E-state index in [1.807, 2.05) is 6.92 Å². The van der Waals surface area contributed by atoms with Gasteiger partial charge in [0.1, 0.15) is 0 Å². The standard InChI is InChI=1S/C9H20N2O3S/c1-7(6-10)15(12,13)11-8(2)9-4-3-5-14-9/h7-9,11H,3-6,10H2,1-2H3. The third-order valence-corrected chi connectivity index (χ3v) is 4.69. The molecule has 0 amide bonds. The van der Waals surface area contributed by atoms with Crippen molar-refractivity contribution in [2.24, 2.45) is 5.73 Å². The number of sulfonamides is 1. The minimum absolute atomic E-state index is 0.00440. The number of hydrogen-bond acceptors (Lipinski definition) is 4.